The minimum Gasteiger partial charge on any atom is -0.390 e. The topological polar surface area (TPSA) is 32.3 Å². The van der Waals surface area contributed by atoms with Crippen LogP contribution in [0.1, 0.15) is 45.2 Å². The summed E-state index contributed by atoms with van der Waals surface area (Å²) in [5.74, 6) is 0. The van der Waals surface area contributed by atoms with Crippen molar-refractivity contribution in [3.8, 4) is 0 Å². The Morgan fingerprint density at radius 3 is 2.06 bits per heavy atom. The van der Waals surface area contributed by atoms with Gasteiger partial charge in [-0.2, -0.15) is 0 Å². The molecule has 0 heterocycles. The van der Waals surface area contributed by atoms with Gasteiger partial charge in [0.15, 0.2) is 0 Å². The van der Waals surface area contributed by atoms with Crippen molar-refractivity contribution in [1.29, 1.82) is 0 Å². The van der Waals surface area contributed by atoms with Crippen LogP contribution in [0.15, 0.2) is 24.3 Å². The van der Waals surface area contributed by atoms with Crippen molar-refractivity contribution in [1.82, 2.24) is 5.32 Å². The molecule has 0 amide bonds. The highest BCUT2D eigenvalue weighted by molar-refractivity contribution is 5.28. The van der Waals surface area contributed by atoms with E-state index in [1.807, 2.05) is 14.0 Å². The van der Waals surface area contributed by atoms with Crippen LogP contribution in [0.5, 0.6) is 0 Å². The van der Waals surface area contributed by atoms with Gasteiger partial charge in [0, 0.05) is 6.42 Å². The van der Waals surface area contributed by atoms with Crippen molar-refractivity contribution < 1.29 is 5.11 Å². The highest BCUT2D eigenvalue weighted by Crippen LogP contribution is 2.24. The molecule has 0 bridgehead atoms. The Morgan fingerprint density at radius 2 is 1.61 bits per heavy atom. The van der Waals surface area contributed by atoms with Gasteiger partial charge in [0.2, 0.25) is 0 Å². The fraction of sp³-hybridized carbons (Fsp3) is 0.625. The lowest BCUT2D eigenvalue weighted by molar-refractivity contribution is 0.0520. The van der Waals surface area contributed by atoms with Gasteiger partial charge in [-0.1, -0.05) is 45.0 Å². The first kappa shape index (κ1) is 15.2. The quantitative estimate of drug-likeness (QED) is 0.841. The van der Waals surface area contributed by atoms with E-state index in [0.717, 1.165) is 13.0 Å². The zero-order valence-corrected chi connectivity index (χ0v) is 12.4. The van der Waals surface area contributed by atoms with Crippen LogP contribution in [0.2, 0.25) is 0 Å². The van der Waals surface area contributed by atoms with E-state index in [9.17, 15) is 5.11 Å². The molecule has 0 saturated carbocycles. The maximum absolute atomic E-state index is 10.3. The van der Waals surface area contributed by atoms with Gasteiger partial charge in [-0.3, -0.25) is 0 Å². The highest BCUT2D eigenvalue weighted by Gasteiger charge is 2.20. The van der Waals surface area contributed by atoms with Gasteiger partial charge in [0.05, 0.1) is 5.60 Å². The number of hydrogen-bond donors (Lipinski definition) is 2. The van der Waals surface area contributed by atoms with Crippen molar-refractivity contribution in [3.05, 3.63) is 35.4 Å². The molecule has 18 heavy (non-hydrogen) atoms. The average Bonchev–Trinajstić information content (AvgIpc) is 2.25. The summed E-state index contributed by atoms with van der Waals surface area (Å²) in [6.07, 6.45) is 1.48. The fourth-order valence-electron chi connectivity index (χ4n) is 2.05. The Balaban J connectivity index is 2.69. The first-order chi connectivity index (χ1) is 8.24. The molecule has 1 rings (SSSR count). The van der Waals surface area contributed by atoms with Gasteiger partial charge in [0.1, 0.15) is 0 Å². The predicted octanol–water partition coefficient (Wildman–Crippen LogP) is 2.89. The van der Waals surface area contributed by atoms with Crippen LogP contribution in [-0.4, -0.2) is 24.3 Å². The minimum absolute atomic E-state index is 0.188. The van der Waals surface area contributed by atoms with Crippen LogP contribution in [0.4, 0.5) is 0 Å². The molecule has 0 fully saturated rings. The van der Waals surface area contributed by atoms with Crippen LogP contribution in [0.3, 0.4) is 0 Å². The maximum Gasteiger partial charge on any atom is 0.0672 e. The summed E-state index contributed by atoms with van der Waals surface area (Å²) < 4.78 is 0. The average molecular weight is 249 g/mol. The standard InChI is InChI=1S/C16H27NO/c1-15(2,3)14-8-6-13(7-9-14)12-16(4,18)10-11-17-5/h6-9,17-18H,10-12H2,1-5H3. The van der Waals surface area contributed by atoms with Crippen LogP contribution >= 0.6 is 0 Å². The first-order valence-corrected chi connectivity index (χ1v) is 6.71. The van der Waals surface area contributed by atoms with Gasteiger partial charge in [-0.25, -0.2) is 0 Å². The first-order valence-electron chi connectivity index (χ1n) is 6.71. The second-order valence-corrected chi connectivity index (χ2v) is 6.47. The number of nitrogens with one attached hydrogen (secondary N) is 1. The SMILES string of the molecule is CNCCC(C)(O)Cc1ccc(C(C)(C)C)cc1. The summed E-state index contributed by atoms with van der Waals surface area (Å²) >= 11 is 0. The summed E-state index contributed by atoms with van der Waals surface area (Å²) in [7, 11) is 1.91. The largest absolute Gasteiger partial charge is 0.390 e. The predicted molar refractivity (Wildman–Crippen MR) is 78.0 cm³/mol. The lowest BCUT2D eigenvalue weighted by atomic mass is 9.85. The third-order valence-corrected chi connectivity index (χ3v) is 3.32. The molecule has 0 aliphatic carbocycles. The Morgan fingerprint density at radius 1 is 1.06 bits per heavy atom. The minimum atomic E-state index is -0.633. The molecule has 2 N–H and O–H groups in total. The smallest absolute Gasteiger partial charge is 0.0672 e. The molecule has 0 spiro atoms. The van der Waals surface area contributed by atoms with Crippen molar-refractivity contribution >= 4 is 0 Å². The van der Waals surface area contributed by atoms with Gasteiger partial charge in [0.25, 0.3) is 0 Å². The molecule has 1 unspecified atom stereocenters. The van der Waals surface area contributed by atoms with E-state index in [1.54, 1.807) is 0 Å². The van der Waals surface area contributed by atoms with Gasteiger partial charge in [-0.05, 0) is 43.5 Å². The second-order valence-electron chi connectivity index (χ2n) is 6.47. The van der Waals surface area contributed by atoms with Crippen LogP contribution < -0.4 is 5.32 Å². The van der Waals surface area contributed by atoms with Crippen molar-refractivity contribution in [3.63, 3.8) is 0 Å². The van der Waals surface area contributed by atoms with Crippen molar-refractivity contribution in [2.24, 2.45) is 0 Å². The molecule has 1 aromatic rings. The van der Waals surface area contributed by atoms with Gasteiger partial charge in [-0.15, -0.1) is 0 Å². The Hall–Kier alpha value is -0.860. The van der Waals surface area contributed by atoms with E-state index in [2.05, 4.69) is 50.4 Å². The molecular formula is C16H27NO. The summed E-state index contributed by atoms with van der Waals surface area (Å²) in [6.45, 7) is 9.39. The monoisotopic (exact) mass is 249 g/mol. The zero-order valence-electron chi connectivity index (χ0n) is 12.4. The second kappa shape index (κ2) is 5.85. The molecule has 0 aliphatic heterocycles. The Bertz CT molecular complexity index is 360. The summed E-state index contributed by atoms with van der Waals surface area (Å²) in [6, 6.07) is 8.61. The number of aliphatic hydroxyl groups is 1. The molecule has 0 aromatic heterocycles. The van der Waals surface area contributed by atoms with E-state index in [0.29, 0.717) is 6.42 Å². The van der Waals surface area contributed by atoms with E-state index < -0.39 is 5.60 Å². The number of rotatable bonds is 5. The zero-order chi connectivity index (χ0) is 13.8. The van der Waals surface area contributed by atoms with E-state index in [4.69, 9.17) is 0 Å². The molecule has 0 saturated heterocycles. The molecule has 1 atom stereocenters. The van der Waals surface area contributed by atoms with Crippen LogP contribution in [0.25, 0.3) is 0 Å². The third kappa shape index (κ3) is 4.79. The third-order valence-electron chi connectivity index (χ3n) is 3.32. The molecule has 0 radical (unpaired) electrons. The van der Waals surface area contributed by atoms with Crippen LogP contribution in [-0.2, 0) is 11.8 Å². The lowest BCUT2D eigenvalue weighted by Gasteiger charge is -2.24. The van der Waals surface area contributed by atoms with Gasteiger partial charge < -0.3 is 10.4 Å². The number of hydrogen-bond acceptors (Lipinski definition) is 2. The van der Waals surface area contributed by atoms with Crippen molar-refractivity contribution in [2.75, 3.05) is 13.6 Å². The highest BCUT2D eigenvalue weighted by atomic mass is 16.3. The summed E-state index contributed by atoms with van der Waals surface area (Å²) in [4.78, 5) is 0. The Kier molecular flexibility index (Phi) is 4.94. The van der Waals surface area contributed by atoms with E-state index in [-0.39, 0.29) is 5.41 Å². The van der Waals surface area contributed by atoms with Gasteiger partial charge >= 0.3 is 0 Å². The summed E-state index contributed by atoms with van der Waals surface area (Å²) in [5, 5.41) is 13.4. The molecular weight excluding hydrogens is 222 g/mol. The molecule has 102 valence electrons. The molecule has 2 nitrogen and oxygen atoms in total. The molecule has 0 aliphatic rings. The molecule has 1 aromatic carbocycles. The summed E-state index contributed by atoms with van der Waals surface area (Å²) in [5.41, 5.74) is 2.09. The normalized spacial score (nSPS) is 15.4. The van der Waals surface area contributed by atoms with Crippen molar-refractivity contribution in [2.45, 2.75) is 51.6 Å². The molecule has 2 heteroatoms. The lowest BCUT2D eigenvalue weighted by Crippen LogP contribution is -2.31. The van der Waals surface area contributed by atoms with E-state index in [1.165, 1.54) is 11.1 Å². The van der Waals surface area contributed by atoms with E-state index >= 15 is 0 Å². The maximum atomic E-state index is 10.3. The van der Waals surface area contributed by atoms with Crippen LogP contribution in [0, 0.1) is 0 Å². The fourth-order valence-corrected chi connectivity index (χ4v) is 2.05. The Labute approximate surface area is 111 Å². The number of benzene rings is 1.